The summed E-state index contributed by atoms with van der Waals surface area (Å²) in [7, 11) is 0. The van der Waals surface area contributed by atoms with Gasteiger partial charge < -0.3 is 30.0 Å². The predicted molar refractivity (Wildman–Crippen MR) is 154 cm³/mol. The number of para-hydroxylation sites is 1. The molecule has 1 fully saturated rings. The molecule has 2 aromatic carbocycles. The number of aromatic amines is 1. The summed E-state index contributed by atoms with van der Waals surface area (Å²) in [6.07, 6.45) is 7.08. The van der Waals surface area contributed by atoms with E-state index in [-0.39, 0.29) is 11.7 Å². The molecule has 0 radical (unpaired) electrons. The van der Waals surface area contributed by atoms with E-state index < -0.39 is 0 Å². The summed E-state index contributed by atoms with van der Waals surface area (Å²) >= 11 is 0. The number of hydrogen-bond donors (Lipinski definition) is 3. The van der Waals surface area contributed by atoms with Crippen molar-refractivity contribution >= 4 is 17.1 Å². The first-order chi connectivity index (χ1) is 19.2. The summed E-state index contributed by atoms with van der Waals surface area (Å²) in [4.78, 5) is 21.6. The Bertz CT molecular complexity index is 1520. The molecule has 8 heteroatoms. The van der Waals surface area contributed by atoms with E-state index in [1.807, 2.05) is 30.6 Å². The van der Waals surface area contributed by atoms with Gasteiger partial charge in [0.15, 0.2) is 0 Å². The second kappa shape index (κ2) is 11.2. The molecule has 2 aliphatic heterocycles. The Morgan fingerprint density at radius 3 is 2.90 bits per heavy atom. The van der Waals surface area contributed by atoms with E-state index in [0.29, 0.717) is 31.9 Å². The van der Waals surface area contributed by atoms with Crippen molar-refractivity contribution < 1.29 is 9.47 Å². The Labute approximate surface area is 228 Å². The van der Waals surface area contributed by atoms with E-state index in [1.165, 1.54) is 0 Å². The van der Waals surface area contributed by atoms with Crippen molar-refractivity contribution in [3.8, 4) is 11.5 Å². The van der Waals surface area contributed by atoms with Crippen molar-refractivity contribution in [2.75, 3.05) is 41.8 Å². The quantitative estimate of drug-likeness (QED) is 0.248. The van der Waals surface area contributed by atoms with Crippen LogP contribution in [0, 0.1) is 0 Å². The molecule has 1 atom stereocenters. The van der Waals surface area contributed by atoms with Crippen LogP contribution in [0.25, 0.3) is 0 Å². The average Bonchev–Trinajstić information content (AvgIpc) is 2.98. The topological polar surface area (TPSA) is 91.5 Å². The summed E-state index contributed by atoms with van der Waals surface area (Å²) in [6.45, 7) is 5.58. The molecule has 3 N–H and O–H groups in total. The third-order valence-corrected chi connectivity index (χ3v) is 7.20. The SMILES string of the molecule is CCCNc1cncc(CNc2ccc3c(c2)Cc2cccc(C4CN(c5ccc[nH]c5=O)CCO4)c2O3)c1. The van der Waals surface area contributed by atoms with E-state index in [2.05, 4.69) is 68.8 Å². The maximum Gasteiger partial charge on any atom is 0.271 e. The molecule has 2 aliphatic rings. The van der Waals surface area contributed by atoms with Gasteiger partial charge in [0, 0.05) is 68.0 Å². The Morgan fingerprint density at radius 1 is 1.05 bits per heavy atom. The Balaban J connectivity index is 1.16. The molecular weight excluding hydrogens is 490 g/mol. The molecule has 1 unspecified atom stereocenters. The monoisotopic (exact) mass is 523 g/mol. The number of nitrogens with one attached hydrogen (secondary N) is 3. The minimum absolute atomic E-state index is 0.0834. The van der Waals surface area contributed by atoms with E-state index in [9.17, 15) is 4.79 Å². The molecule has 4 aromatic rings. The van der Waals surface area contributed by atoms with Gasteiger partial charge in [-0.1, -0.05) is 25.1 Å². The van der Waals surface area contributed by atoms with Gasteiger partial charge in [-0.25, -0.2) is 0 Å². The van der Waals surface area contributed by atoms with Crippen molar-refractivity contribution in [1.82, 2.24) is 9.97 Å². The lowest BCUT2D eigenvalue weighted by Gasteiger charge is -2.35. The van der Waals surface area contributed by atoms with E-state index in [0.717, 1.165) is 64.5 Å². The molecule has 200 valence electrons. The second-order valence-electron chi connectivity index (χ2n) is 9.99. The highest BCUT2D eigenvalue weighted by Gasteiger charge is 2.29. The number of anilines is 3. The minimum atomic E-state index is -0.188. The highest BCUT2D eigenvalue weighted by Crippen LogP contribution is 2.43. The lowest BCUT2D eigenvalue weighted by Crippen LogP contribution is -2.41. The fourth-order valence-corrected chi connectivity index (χ4v) is 5.24. The van der Waals surface area contributed by atoms with Gasteiger partial charge in [-0.05, 0) is 53.9 Å². The molecule has 0 aliphatic carbocycles. The zero-order valence-electron chi connectivity index (χ0n) is 22.1. The largest absolute Gasteiger partial charge is 0.456 e. The number of morpholine rings is 1. The van der Waals surface area contributed by atoms with Crippen molar-refractivity contribution in [2.24, 2.45) is 0 Å². The maximum absolute atomic E-state index is 12.4. The van der Waals surface area contributed by atoms with Gasteiger partial charge in [0.05, 0.1) is 12.3 Å². The lowest BCUT2D eigenvalue weighted by atomic mass is 9.95. The first-order valence-electron chi connectivity index (χ1n) is 13.6. The number of nitrogens with zero attached hydrogens (tertiary/aromatic N) is 2. The van der Waals surface area contributed by atoms with Gasteiger partial charge in [0.1, 0.15) is 23.3 Å². The molecule has 0 saturated carbocycles. The lowest BCUT2D eigenvalue weighted by molar-refractivity contribution is 0.0383. The highest BCUT2D eigenvalue weighted by atomic mass is 16.5. The number of ether oxygens (including phenoxy) is 2. The van der Waals surface area contributed by atoms with Crippen LogP contribution in [-0.4, -0.2) is 36.2 Å². The third kappa shape index (κ3) is 5.47. The van der Waals surface area contributed by atoms with Gasteiger partial charge in [-0.15, -0.1) is 0 Å². The summed E-state index contributed by atoms with van der Waals surface area (Å²) < 4.78 is 12.7. The Hall–Kier alpha value is -4.30. The zero-order valence-corrected chi connectivity index (χ0v) is 22.1. The van der Waals surface area contributed by atoms with Crippen molar-refractivity contribution in [3.63, 3.8) is 0 Å². The van der Waals surface area contributed by atoms with Crippen LogP contribution in [0.1, 0.15) is 41.7 Å². The average molecular weight is 524 g/mol. The van der Waals surface area contributed by atoms with Crippen LogP contribution < -0.4 is 25.8 Å². The van der Waals surface area contributed by atoms with Crippen LogP contribution in [-0.2, 0) is 17.7 Å². The first kappa shape index (κ1) is 25.0. The summed E-state index contributed by atoms with van der Waals surface area (Å²) in [6, 6.07) is 18.4. The van der Waals surface area contributed by atoms with E-state index >= 15 is 0 Å². The van der Waals surface area contributed by atoms with Gasteiger partial charge in [0.25, 0.3) is 5.56 Å². The standard InChI is InChI=1S/C31H33N5O3/c1-2-10-33-25-14-21(17-32-19-25)18-35-24-8-9-28-23(16-24)15-22-5-3-6-26(30(22)39-28)29-20-36(12-13-38-29)27-7-4-11-34-31(27)37/h3-9,11,14,16-17,19,29,33,35H,2,10,12-13,15,18,20H2,1H3,(H,34,37). The maximum atomic E-state index is 12.4. The van der Waals surface area contributed by atoms with Crippen LogP contribution in [0.3, 0.4) is 0 Å². The minimum Gasteiger partial charge on any atom is -0.456 e. The molecular formula is C31H33N5O3. The number of rotatable bonds is 8. The highest BCUT2D eigenvalue weighted by molar-refractivity contribution is 5.59. The van der Waals surface area contributed by atoms with Crippen molar-refractivity contribution in [1.29, 1.82) is 0 Å². The fraction of sp³-hybridized carbons (Fsp3) is 0.290. The number of benzene rings is 2. The molecule has 1 saturated heterocycles. The predicted octanol–water partition coefficient (Wildman–Crippen LogP) is 5.48. The number of H-pyrrole nitrogens is 1. The number of aromatic nitrogens is 2. The van der Waals surface area contributed by atoms with Crippen LogP contribution in [0.2, 0.25) is 0 Å². The summed E-state index contributed by atoms with van der Waals surface area (Å²) in [5.74, 6) is 1.72. The molecule has 39 heavy (non-hydrogen) atoms. The summed E-state index contributed by atoms with van der Waals surface area (Å²) in [5.41, 5.74) is 7.09. The number of fused-ring (bicyclic) bond motifs is 2. The number of pyridine rings is 2. The first-order valence-corrected chi connectivity index (χ1v) is 13.6. The normalized spacial score (nSPS) is 16.1. The number of hydrogen-bond acceptors (Lipinski definition) is 7. The van der Waals surface area contributed by atoms with Crippen LogP contribution in [0.4, 0.5) is 17.1 Å². The summed E-state index contributed by atoms with van der Waals surface area (Å²) in [5, 5.41) is 6.92. The Morgan fingerprint density at radius 2 is 2.00 bits per heavy atom. The zero-order chi connectivity index (χ0) is 26.6. The molecule has 2 aromatic heterocycles. The third-order valence-electron chi connectivity index (χ3n) is 7.20. The van der Waals surface area contributed by atoms with E-state index in [4.69, 9.17) is 9.47 Å². The smallest absolute Gasteiger partial charge is 0.271 e. The molecule has 4 heterocycles. The van der Waals surface area contributed by atoms with Gasteiger partial charge in [-0.2, -0.15) is 0 Å². The van der Waals surface area contributed by atoms with Crippen LogP contribution >= 0.6 is 0 Å². The van der Waals surface area contributed by atoms with E-state index in [1.54, 1.807) is 6.20 Å². The molecule has 8 nitrogen and oxygen atoms in total. The molecule has 6 rings (SSSR count). The second-order valence-corrected chi connectivity index (χ2v) is 9.99. The molecule has 0 amide bonds. The van der Waals surface area contributed by atoms with Crippen LogP contribution in [0.15, 0.2) is 78.0 Å². The van der Waals surface area contributed by atoms with Gasteiger partial charge >= 0.3 is 0 Å². The van der Waals surface area contributed by atoms with Gasteiger partial charge in [-0.3, -0.25) is 9.78 Å². The van der Waals surface area contributed by atoms with Gasteiger partial charge in [0.2, 0.25) is 0 Å². The Kier molecular flexibility index (Phi) is 7.19. The molecule has 0 bridgehead atoms. The molecule has 0 spiro atoms. The van der Waals surface area contributed by atoms with Crippen LogP contribution in [0.5, 0.6) is 11.5 Å². The van der Waals surface area contributed by atoms with Crippen molar-refractivity contribution in [2.45, 2.75) is 32.4 Å². The fourth-order valence-electron chi connectivity index (χ4n) is 5.24. The van der Waals surface area contributed by atoms with Crippen molar-refractivity contribution in [3.05, 3.63) is 106 Å².